The lowest BCUT2D eigenvalue weighted by atomic mass is 10.2. The van der Waals surface area contributed by atoms with Crippen LogP contribution in [0.15, 0.2) is 23.7 Å². The second-order valence-electron chi connectivity index (χ2n) is 3.80. The Morgan fingerprint density at radius 2 is 2.12 bits per heavy atom. The highest BCUT2D eigenvalue weighted by molar-refractivity contribution is 7.09. The Labute approximate surface area is 99.1 Å². The largest absolute Gasteiger partial charge is 0.475 e. The highest BCUT2D eigenvalue weighted by Gasteiger charge is 2.04. The van der Waals surface area contributed by atoms with Gasteiger partial charge >= 0.3 is 0 Å². The first-order valence-corrected chi connectivity index (χ1v) is 6.08. The minimum atomic E-state index is 0.153. The van der Waals surface area contributed by atoms with E-state index >= 15 is 0 Å². The molecule has 0 fully saturated rings. The fourth-order valence-electron chi connectivity index (χ4n) is 1.34. The van der Waals surface area contributed by atoms with Gasteiger partial charge in [-0.25, -0.2) is 9.97 Å². The summed E-state index contributed by atoms with van der Waals surface area (Å²) in [5.41, 5.74) is 2.01. The second-order valence-corrected chi connectivity index (χ2v) is 4.87. The molecule has 0 spiro atoms. The van der Waals surface area contributed by atoms with E-state index in [4.69, 9.17) is 4.74 Å². The SMILES string of the molecule is Cc1nc(-c2ccc(OC(C)C)nc2)cs1. The second kappa shape index (κ2) is 4.61. The standard InChI is InChI=1S/C12H14N2OS/c1-8(2)15-12-5-4-10(6-13-12)11-7-16-9(3)14-11/h4-8H,1-3H3. The Balaban J connectivity index is 2.19. The first kappa shape index (κ1) is 11.1. The van der Waals surface area contributed by atoms with Gasteiger partial charge in [0.25, 0.3) is 0 Å². The van der Waals surface area contributed by atoms with Gasteiger partial charge in [0.1, 0.15) is 0 Å². The molecular weight excluding hydrogens is 220 g/mol. The van der Waals surface area contributed by atoms with Crippen LogP contribution >= 0.6 is 11.3 Å². The minimum Gasteiger partial charge on any atom is -0.475 e. The van der Waals surface area contributed by atoms with Crippen LogP contribution in [-0.4, -0.2) is 16.1 Å². The van der Waals surface area contributed by atoms with Gasteiger partial charge in [0, 0.05) is 23.2 Å². The third kappa shape index (κ3) is 2.58. The molecule has 4 heteroatoms. The van der Waals surface area contributed by atoms with Gasteiger partial charge in [-0.3, -0.25) is 0 Å². The molecule has 0 aliphatic carbocycles. The van der Waals surface area contributed by atoms with E-state index in [1.165, 1.54) is 0 Å². The molecule has 0 radical (unpaired) electrons. The van der Waals surface area contributed by atoms with Gasteiger partial charge in [-0.1, -0.05) is 0 Å². The van der Waals surface area contributed by atoms with E-state index in [0.29, 0.717) is 5.88 Å². The van der Waals surface area contributed by atoms with E-state index < -0.39 is 0 Å². The minimum absolute atomic E-state index is 0.153. The Kier molecular flexibility index (Phi) is 3.19. The quantitative estimate of drug-likeness (QED) is 0.817. The maximum Gasteiger partial charge on any atom is 0.213 e. The molecule has 2 heterocycles. The van der Waals surface area contributed by atoms with E-state index in [0.717, 1.165) is 16.3 Å². The molecule has 2 aromatic heterocycles. The van der Waals surface area contributed by atoms with Crippen LogP contribution in [0.3, 0.4) is 0 Å². The first-order chi connectivity index (χ1) is 7.65. The predicted octanol–water partition coefficient (Wildman–Crippen LogP) is 3.30. The number of thiazole rings is 1. The van der Waals surface area contributed by atoms with Crippen LogP contribution in [0, 0.1) is 6.92 Å². The average molecular weight is 234 g/mol. The Bertz CT molecular complexity index is 462. The molecule has 0 bridgehead atoms. The molecule has 0 aliphatic heterocycles. The summed E-state index contributed by atoms with van der Waals surface area (Å²) in [6.07, 6.45) is 1.95. The van der Waals surface area contributed by atoms with Crippen molar-refractivity contribution in [2.24, 2.45) is 0 Å². The summed E-state index contributed by atoms with van der Waals surface area (Å²) in [5, 5.41) is 3.10. The van der Waals surface area contributed by atoms with Gasteiger partial charge < -0.3 is 4.74 Å². The van der Waals surface area contributed by atoms with Gasteiger partial charge in [-0.2, -0.15) is 0 Å². The van der Waals surface area contributed by atoms with E-state index in [1.807, 2.05) is 38.3 Å². The highest BCUT2D eigenvalue weighted by Crippen LogP contribution is 2.22. The molecule has 3 nitrogen and oxygen atoms in total. The lowest BCUT2D eigenvalue weighted by Crippen LogP contribution is -2.06. The molecule has 2 aromatic rings. The number of hydrogen-bond donors (Lipinski definition) is 0. The van der Waals surface area contributed by atoms with Crippen LogP contribution in [0.5, 0.6) is 5.88 Å². The molecule has 84 valence electrons. The third-order valence-electron chi connectivity index (χ3n) is 2.01. The molecule has 0 unspecified atom stereocenters. The zero-order chi connectivity index (χ0) is 11.5. The summed E-state index contributed by atoms with van der Waals surface area (Å²) < 4.78 is 5.48. The monoisotopic (exact) mass is 234 g/mol. The third-order valence-corrected chi connectivity index (χ3v) is 2.78. The van der Waals surface area contributed by atoms with Crippen molar-refractivity contribution >= 4 is 11.3 Å². The van der Waals surface area contributed by atoms with Crippen molar-refractivity contribution in [2.75, 3.05) is 0 Å². The van der Waals surface area contributed by atoms with Crippen molar-refractivity contribution in [1.29, 1.82) is 0 Å². The van der Waals surface area contributed by atoms with Crippen molar-refractivity contribution in [2.45, 2.75) is 26.9 Å². The summed E-state index contributed by atoms with van der Waals surface area (Å²) >= 11 is 1.64. The normalized spacial score (nSPS) is 10.8. The predicted molar refractivity (Wildman–Crippen MR) is 65.8 cm³/mol. The lowest BCUT2D eigenvalue weighted by molar-refractivity contribution is 0.232. The molecular formula is C12H14N2OS. The smallest absolute Gasteiger partial charge is 0.213 e. The number of ether oxygens (including phenoxy) is 1. The molecule has 0 aromatic carbocycles. The summed E-state index contributed by atoms with van der Waals surface area (Å²) in [5.74, 6) is 0.658. The summed E-state index contributed by atoms with van der Waals surface area (Å²) in [4.78, 5) is 8.66. The zero-order valence-corrected chi connectivity index (χ0v) is 10.4. The topological polar surface area (TPSA) is 35.0 Å². The van der Waals surface area contributed by atoms with E-state index in [-0.39, 0.29) is 6.10 Å². The Hall–Kier alpha value is -1.42. The fraction of sp³-hybridized carbons (Fsp3) is 0.333. The van der Waals surface area contributed by atoms with Gasteiger partial charge in [0.15, 0.2) is 0 Å². The van der Waals surface area contributed by atoms with E-state index in [2.05, 4.69) is 9.97 Å². The van der Waals surface area contributed by atoms with Crippen molar-refractivity contribution in [3.63, 3.8) is 0 Å². The molecule has 0 saturated heterocycles. The van der Waals surface area contributed by atoms with Crippen LogP contribution in [0.4, 0.5) is 0 Å². The number of pyridine rings is 1. The number of aryl methyl sites for hydroxylation is 1. The van der Waals surface area contributed by atoms with Crippen LogP contribution in [-0.2, 0) is 0 Å². The van der Waals surface area contributed by atoms with Gasteiger partial charge in [0.05, 0.1) is 16.8 Å². The van der Waals surface area contributed by atoms with Crippen molar-refractivity contribution in [1.82, 2.24) is 9.97 Å². The highest BCUT2D eigenvalue weighted by atomic mass is 32.1. The Morgan fingerprint density at radius 1 is 1.31 bits per heavy atom. The van der Waals surface area contributed by atoms with E-state index in [1.54, 1.807) is 17.5 Å². The molecule has 0 atom stereocenters. The van der Waals surface area contributed by atoms with Gasteiger partial charge in [0.2, 0.25) is 5.88 Å². The van der Waals surface area contributed by atoms with Gasteiger partial charge in [-0.15, -0.1) is 11.3 Å². The van der Waals surface area contributed by atoms with Crippen molar-refractivity contribution in [3.05, 3.63) is 28.7 Å². The van der Waals surface area contributed by atoms with Crippen LogP contribution in [0.25, 0.3) is 11.3 Å². The summed E-state index contributed by atoms with van der Waals surface area (Å²) in [6.45, 7) is 5.97. The molecule has 0 amide bonds. The first-order valence-electron chi connectivity index (χ1n) is 5.20. The van der Waals surface area contributed by atoms with Crippen molar-refractivity contribution < 1.29 is 4.74 Å². The lowest BCUT2D eigenvalue weighted by Gasteiger charge is -2.08. The van der Waals surface area contributed by atoms with Gasteiger partial charge in [-0.05, 0) is 26.8 Å². The zero-order valence-electron chi connectivity index (χ0n) is 9.60. The van der Waals surface area contributed by atoms with Crippen LogP contribution in [0.1, 0.15) is 18.9 Å². The molecule has 0 aliphatic rings. The summed E-state index contributed by atoms with van der Waals surface area (Å²) in [6, 6.07) is 3.86. The molecule has 16 heavy (non-hydrogen) atoms. The molecule has 0 saturated carbocycles. The fourth-order valence-corrected chi connectivity index (χ4v) is 1.96. The number of hydrogen-bond acceptors (Lipinski definition) is 4. The maximum absolute atomic E-state index is 5.48. The molecule has 2 rings (SSSR count). The van der Waals surface area contributed by atoms with Crippen LogP contribution < -0.4 is 4.74 Å². The number of rotatable bonds is 3. The van der Waals surface area contributed by atoms with E-state index in [9.17, 15) is 0 Å². The molecule has 0 N–H and O–H groups in total. The van der Waals surface area contributed by atoms with Crippen molar-refractivity contribution in [3.8, 4) is 17.1 Å². The maximum atomic E-state index is 5.48. The average Bonchev–Trinajstić information content (AvgIpc) is 2.65. The Morgan fingerprint density at radius 3 is 2.62 bits per heavy atom. The van der Waals surface area contributed by atoms with Crippen LogP contribution in [0.2, 0.25) is 0 Å². The number of aromatic nitrogens is 2. The summed E-state index contributed by atoms with van der Waals surface area (Å²) in [7, 11) is 0. The number of nitrogens with zero attached hydrogens (tertiary/aromatic N) is 2.